The Hall–Kier alpha value is -2.36. The zero-order valence-corrected chi connectivity index (χ0v) is 12.9. The molecule has 0 saturated carbocycles. The lowest BCUT2D eigenvalue weighted by atomic mass is 10.1. The molecule has 0 saturated heterocycles. The SMILES string of the molecule is C=C(C)Cc1c(C)nn(C(=O)c2ccccc2OC)c1C. The number of nitrogens with zero attached hydrogens (tertiary/aromatic N) is 2. The Labute approximate surface area is 125 Å². The molecule has 0 spiro atoms. The average Bonchev–Trinajstić information content (AvgIpc) is 2.74. The zero-order chi connectivity index (χ0) is 15.6. The summed E-state index contributed by atoms with van der Waals surface area (Å²) < 4.78 is 6.70. The summed E-state index contributed by atoms with van der Waals surface area (Å²) in [5.74, 6) is 0.373. The Morgan fingerprint density at radius 2 is 2.00 bits per heavy atom. The maximum absolute atomic E-state index is 12.7. The number of ether oxygens (including phenoxy) is 1. The van der Waals surface area contributed by atoms with E-state index >= 15 is 0 Å². The van der Waals surface area contributed by atoms with Gasteiger partial charge in [-0.15, -0.1) is 0 Å². The fourth-order valence-corrected chi connectivity index (χ4v) is 2.37. The number of carbonyl (C=O) groups excluding carboxylic acids is 1. The summed E-state index contributed by atoms with van der Waals surface area (Å²) in [7, 11) is 1.56. The second-order valence-corrected chi connectivity index (χ2v) is 5.20. The van der Waals surface area contributed by atoms with Crippen molar-refractivity contribution in [3.05, 3.63) is 58.9 Å². The molecule has 4 heteroatoms. The number of aromatic nitrogens is 2. The van der Waals surface area contributed by atoms with Gasteiger partial charge in [-0.05, 0) is 39.3 Å². The van der Waals surface area contributed by atoms with E-state index in [0.717, 1.165) is 28.9 Å². The first-order valence-corrected chi connectivity index (χ1v) is 6.83. The number of aryl methyl sites for hydroxylation is 1. The molecule has 0 amide bonds. The number of methoxy groups -OCH3 is 1. The molecule has 0 aliphatic rings. The second kappa shape index (κ2) is 5.95. The molecule has 0 aliphatic heterocycles. The highest BCUT2D eigenvalue weighted by Crippen LogP contribution is 2.22. The van der Waals surface area contributed by atoms with Crippen LogP contribution in [0.3, 0.4) is 0 Å². The topological polar surface area (TPSA) is 44.1 Å². The quantitative estimate of drug-likeness (QED) is 0.809. The Morgan fingerprint density at radius 1 is 1.33 bits per heavy atom. The predicted octanol–water partition coefficient (Wildman–Crippen LogP) is 3.32. The summed E-state index contributed by atoms with van der Waals surface area (Å²) in [6.45, 7) is 9.72. The second-order valence-electron chi connectivity index (χ2n) is 5.20. The molecule has 2 aromatic rings. The first kappa shape index (κ1) is 15.0. The summed E-state index contributed by atoms with van der Waals surface area (Å²) in [6, 6.07) is 7.17. The van der Waals surface area contributed by atoms with E-state index in [-0.39, 0.29) is 5.91 Å². The number of allylic oxidation sites excluding steroid dienone is 1. The minimum atomic E-state index is -0.180. The zero-order valence-electron chi connectivity index (χ0n) is 12.9. The lowest BCUT2D eigenvalue weighted by Crippen LogP contribution is -2.16. The molecule has 0 aliphatic carbocycles. The molecule has 1 aromatic heterocycles. The molecule has 0 N–H and O–H groups in total. The standard InChI is InChI=1S/C17H20N2O2/c1-11(2)10-15-12(3)18-19(13(15)4)17(20)14-8-6-7-9-16(14)21-5/h6-9H,1,10H2,2-5H3. The largest absolute Gasteiger partial charge is 0.496 e. The Bertz CT molecular complexity index is 699. The van der Waals surface area contributed by atoms with Crippen LogP contribution in [-0.4, -0.2) is 22.8 Å². The van der Waals surface area contributed by atoms with E-state index < -0.39 is 0 Å². The van der Waals surface area contributed by atoms with E-state index in [4.69, 9.17) is 4.74 Å². The van der Waals surface area contributed by atoms with Gasteiger partial charge in [0.25, 0.3) is 5.91 Å². The van der Waals surface area contributed by atoms with Crippen molar-refractivity contribution in [3.63, 3.8) is 0 Å². The Balaban J connectivity index is 2.47. The molecular weight excluding hydrogens is 264 g/mol. The molecule has 2 rings (SSSR count). The third-order valence-corrected chi connectivity index (χ3v) is 3.45. The molecule has 110 valence electrons. The minimum absolute atomic E-state index is 0.180. The third-order valence-electron chi connectivity index (χ3n) is 3.45. The van der Waals surface area contributed by atoms with Gasteiger partial charge >= 0.3 is 0 Å². The van der Waals surface area contributed by atoms with Crippen LogP contribution in [0.15, 0.2) is 36.4 Å². The maximum Gasteiger partial charge on any atom is 0.282 e. The van der Waals surface area contributed by atoms with Gasteiger partial charge in [0.2, 0.25) is 0 Å². The van der Waals surface area contributed by atoms with Crippen LogP contribution in [-0.2, 0) is 6.42 Å². The molecule has 21 heavy (non-hydrogen) atoms. The van der Waals surface area contributed by atoms with Gasteiger partial charge in [-0.25, -0.2) is 4.68 Å². The van der Waals surface area contributed by atoms with Gasteiger partial charge in [0.05, 0.1) is 18.4 Å². The minimum Gasteiger partial charge on any atom is -0.496 e. The van der Waals surface area contributed by atoms with E-state index in [9.17, 15) is 4.79 Å². The van der Waals surface area contributed by atoms with Crippen LogP contribution >= 0.6 is 0 Å². The number of hydrogen-bond acceptors (Lipinski definition) is 3. The van der Waals surface area contributed by atoms with Crippen molar-refractivity contribution in [2.45, 2.75) is 27.2 Å². The molecule has 0 bridgehead atoms. The predicted molar refractivity (Wildman–Crippen MR) is 82.9 cm³/mol. The van der Waals surface area contributed by atoms with Crippen molar-refractivity contribution in [1.82, 2.24) is 9.78 Å². The molecular formula is C17H20N2O2. The third kappa shape index (κ3) is 2.89. The van der Waals surface area contributed by atoms with E-state index in [1.807, 2.05) is 32.9 Å². The first-order chi connectivity index (χ1) is 9.95. The fourth-order valence-electron chi connectivity index (χ4n) is 2.37. The summed E-state index contributed by atoms with van der Waals surface area (Å²) >= 11 is 0. The van der Waals surface area contributed by atoms with E-state index in [1.165, 1.54) is 4.68 Å². The van der Waals surface area contributed by atoms with Crippen molar-refractivity contribution in [1.29, 1.82) is 0 Å². The molecule has 0 unspecified atom stereocenters. The van der Waals surface area contributed by atoms with Gasteiger partial charge in [0.1, 0.15) is 5.75 Å². The van der Waals surface area contributed by atoms with Gasteiger partial charge in [-0.3, -0.25) is 4.79 Å². The lowest BCUT2D eigenvalue weighted by molar-refractivity contribution is 0.0939. The molecule has 0 fully saturated rings. The highest BCUT2D eigenvalue weighted by atomic mass is 16.5. The van der Waals surface area contributed by atoms with E-state index in [2.05, 4.69) is 11.7 Å². The Morgan fingerprint density at radius 3 is 2.62 bits per heavy atom. The molecule has 1 aromatic carbocycles. The van der Waals surface area contributed by atoms with Crippen LogP contribution in [0.25, 0.3) is 0 Å². The Kier molecular flexibility index (Phi) is 4.26. The van der Waals surface area contributed by atoms with Crippen molar-refractivity contribution < 1.29 is 9.53 Å². The lowest BCUT2D eigenvalue weighted by Gasteiger charge is -2.08. The van der Waals surface area contributed by atoms with Crippen molar-refractivity contribution >= 4 is 5.91 Å². The van der Waals surface area contributed by atoms with Crippen LogP contribution in [0.5, 0.6) is 5.75 Å². The van der Waals surface area contributed by atoms with Gasteiger partial charge in [0, 0.05) is 11.3 Å². The monoisotopic (exact) mass is 284 g/mol. The number of carbonyl (C=O) groups is 1. The van der Waals surface area contributed by atoms with Crippen LogP contribution in [0, 0.1) is 13.8 Å². The van der Waals surface area contributed by atoms with Crippen molar-refractivity contribution in [3.8, 4) is 5.75 Å². The van der Waals surface area contributed by atoms with E-state index in [1.54, 1.807) is 19.2 Å². The highest BCUT2D eigenvalue weighted by Gasteiger charge is 2.20. The molecule has 4 nitrogen and oxygen atoms in total. The van der Waals surface area contributed by atoms with Crippen LogP contribution in [0.4, 0.5) is 0 Å². The first-order valence-electron chi connectivity index (χ1n) is 6.83. The molecule has 1 heterocycles. The van der Waals surface area contributed by atoms with Crippen molar-refractivity contribution in [2.75, 3.05) is 7.11 Å². The highest BCUT2D eigenvalue weighted by molar-refractivity contribution is 5.98. The number of rotatable bonds is 4. The van der Waals surface area contributed by atoms with E-state index in [0.29, 0.717) is 11.3 Å². The number of para-hydroxylation sites is 1. The normalized spacial score (nSPS) is 10.5. The van der Waals surface area contributed by atoms with Gasteiger partial charge in [-0.2, -0.15) is 5.10 Å². The summed E-state index contributed by atoms with van der Waals surface area (Å²) in [5.41, 5.74) is 4.33. The van der Waals surface area contributed by atoms with Crippen molar-refractivity contribution in [2.24, 2.45) is 0 Å². The van der Waals surface area contributed by atoms with Crippen LogP contribution < -0.4 is 4.74 Å². The number of benzene rings is 1. The molecule has 0 radical (unpaired) electrons. The van der Waals surface area contributed by atoms with Crippen LogP contribution in [0.2, 0.25) is 0 Å². The summed E-state index contributed by atoms with van der Waals surface area (Å²) in [6.07, 6.45) is 0.733. The smallest absolute Gasteiger partial charge is 0.282 e. The van der Waals surface area contributed by atoms with Crippen LogP contribution in [0.1, 0.15) is 34.2 Å². The maximum atomic E-state index is 12.7. The average molecular weight is 284 g/mol. The fraction of sp³-hybridized carbons (Fsp3) is 0.294. The number of hydrogen-bond donors (Lipinski definition) is 0. The molecule has 0 atom stereocenters. The summed E-state index contributed by atoms with van der Waals surface area (Å²) in [4.78, 5) is 12.7. The van der Waals surface area contributed by atoms with Gasteiger partial charge < -0.3 is 4.74 Å². The van der Waals surface area contributed by atoms with Gasteiger partial charge in [-0.1, -0.05) is 24.3 Å². The summed E-state index contributed by atoms with van der Waals surface area (Å²) in [5, 5.41) is 4.39. The van der Waals surface area contributed by atoms with Gasteiger partial charge in [0.15, 0.2) is 0 Å².